The molecule has 9 rings (SSSR count). The van der Waals surface area contributed by atoms with Gasteiger partial charge in [-0.3, -0.25) is 0 Å². The van der Waals surface area contributed by atoms with Crippen molar-refractivity contribution in [2.75, 3.05) is 0 Å². The molecule has 0 amide bonds. The molecule has 38 heavy (non-hydrogen) atoms. The predicted molar refractivity (Wildman–Crippen MR) is 159 cm³/mol. The van der Waals surface area contributed by atoms with Gasteiger partial charge in [0.05, 0.1) is 27.9 Å². The summed E-state index contributed by atoms with van der Waals surface area (Å²) in [7, 11) is 0. The molecule has 1 aliphatic carbocycles. The maximum Gasteiger partial charge on any atom is 0.0582 e. The number of rotatable bonds is 0. The highest BCUT2D eigenvalue weighted by Crippen LogP contribution is 2.53. The van der Waals surface area contributed by atoms with E-state index in [0.717, 1.165) is 12.8 Å². The van der Waals surface area contributed by atoms with Gasteiger partial charge in [0, 0.05) is 32.7 Å². The lowest BCUT2D eigenvalue weighted by atomic mass is 9.70. The average Bonchev–Trinajstić information content (AvgIpc) is 3.44. The first kappa shape index (κ1) is 21.0. The Balaban J connectivity index is 1.48. The van der Waals surface area contributed by atoms with Crippen molar-refractivity contribution in [1.82, 2.24) is 9.13 Å². The van der Waals surface area contributed by atoms with Crippen LogP contribution in [0.3, 0.4) is 0 Å². The molecular weight excluding hydrogens is 460 g/mol. The smallest absolute Gasteiger partial charge is 0.0582 e. The number of aryl methyl sites for hydroxylation is 1. The van der Waals surface area contributed by atoms with E-state index in [0.29, 0.717) is 0 Å². The zero-order chi connectivity index (χ0) is 25.6. The molecule has 0 saturated heterocycles. The molecule has 0 spiro atoms. The third kappa shape index (κ3) is 2.20. The van der Waals surface area contributed by atoms with E-state index in [9.17, 15) is 0 Å². The fourth-order valence-corrected chi connectivity index (χ4v) is 8.05. The van der Waals surface area contributed by atoms with Crippen LogP contribution >= 0.6 is 0 Å². The Morgan fingerprint density at radius 2 is 1.21 bits per heavy atom. The van der Waals surface area contributed by atoms with Crippen LogP contribution in [-0.2, 0) is 17.3 Å². The molecule has 0 N–H and O–H groups in total. The fourth-order valence-electron chi connectivity index (χ4n) is 8.05. The number of hydrogen-bond donors (Lipinski definition) is 0. The monoisotopic (exact) mass is 490 g/mol. The summed E-state index contributed by atoms with van der Waals surface area (Å²) in [4.78, 5) is 0. The molecule has 4 heterocycles. The number of para-hydroxylation sites is 3. The third-order valence-electron chi connectivity index (χ3n) is 9.96. The van der Waals surface area contributed by atoms with E-state index in [1.807, 2.05) is 0 Å². The van der Waals surface area contributed by atoms with Gasteiger partial charge in [-0.25, -0.2) is 0 Å². The lowest BCUT2D eigenvalue weighted by Gasteiger charge is -2.40. The third-order valence-corrected chi connectivity index (χ3v) is 9.96. The van der Waals surface area contributed by atoms with E-state index in [1.54, 1.807) is 0 Å². The van der Waals surface area contributed by atoms with E-state index in [2.05, 4.69) is 122 Å². The van der Waals surface area contributed by atoms with Crippen LogP contribution in [0.15, 0.2) is 78.9 Å². The van der Waals surface area contributed by atoms with Crippen LogP contribution in [0.4, 0.5) is 0 Å². The molecule has 184 valence electrons. The Morgan fingerprint density at radius 1 is 0.605 bits per heavy atom. The van der Waals surface area contributed by atoms with Crippen molar-refractivity contribution in [2.45, 2.75) is 51.4 Å². The first-order valence-corrected chi connectivity index (χ1v) is 13.9. The molecule has 2 nitrogen and oxygen atoms in total. The van der Waals surface area contributed by atoms with E-state index >= 15 is 0 Å². The van der Waals surface area contributed by atoms with Crippen molar-refractivity contribution in [1.29, 1.82) is 0 Å². The summed E-state index contributed by atoms with van der Waals surface area (Å²) in [5.41, 5.74) is 15.1. The molecule has 2 aromatic heterocycles. The molecule has 2 aliphatic heterocycles. The molecule has 0 saturated carbocycles. The highest BCUT2D eigenvalue weighted by atomic mass is 15.0. The topological polar surface area (TPSA) is 9.86 Å². The predicted octanol–water partition coefficient (Wildman–Crippen LogP) is 8.97. The average molecular weight is 491 g/mol. The normalized spacial score (nSPS) is 17.6. The minimum Gasteiger partial charge on any atom is -0.309 e. The Labute approximate surface area is 222 Å². The zero-order valence-electron chi connectivity index (χ0n) is 22.4. The number of allylic oxidation sites excluding steroid dienone is 1. The first-order chi connectivity index (χ1) is 18.4. The molecule has 4 aromatic carbocycles. The Bertz CT molecular complexity index is 2070. The number of nitrogens with zero attached hydrogens (tertiary/aromatic N) is 2. The standard InChI is InChI=1S/C36H30N2/c1-35(2)25-15-9-13-23-21-11-5-7-17-29(21)37(33(23)25)31-20-28-32(19-27(31)35)38-30-18-8-6-12-22(30)24-14-10-16-26(34(24)38)36(28,3)4/h5,7-11,13-20H,6,12H2,1-4H3. The second kappa shape index (κ2) is 6.50. The van der Waals surface area contributed by atoms with Crippen molar-refractivity contribution in [3.8, 4) is 11.4 Å². The van der Waals surface area contributed by atoms with Crippen LogP contribution in [0.5, 0.6) is 0 Å². The van der Waals surface area contributed by atoms with Gasteiger partial charge in [0.15, 0.2) is 0 Å². The second-order valence-electron chi connectivity index (χ2n) is 12.5. The summed E-state index contributed by atoms with van der Waals surface area (Å²) in [5.74, 6) is 0. The van der Waals surface area contributed by atoms with Gasteiger partial charge in [-0.2, -0.15) is 0 Å². The van der Waals surface area contributed by atoms with Gasteiger partial charge >= 0.3 is 0 Å². The molecule has 0 bridgehead atoms. The summed E-state index contributed by atoms with van der Waals surface area (Å²) in [6, 6.07) is 27.9. The maximum atomic E-state index is 2.59. The first-order valence-electron chi connectivity index (χ1n) is 13.9. The van der Waals surface area contributed by atoms with E-state index < -0.39 is 0 Å². The SMILES string of the molecule is CC1(C)c2cc3c(cc2-n2c4c(c5cccc1c52)CCC=C4)C(C)(C)c1cccc2c4ccccc4n-3c12. The van der Waals surface area contributed by atoms with E-state index in [-0.39, 0.29) is 10.8 Å². The summed E-state index contributed by atoms with van der Waals surface area (Å²) in [6.07, 6.45) is 6.96. The molecule has 3 aliphatic rings. The van der Waals surface area contributed by atoms with Crippen molar-refractivity contribution in [3.05, 3.63) is 112 Å². The largest absolute Gasteiger partial charge is 0.309 e. The molecule has 2 heteroatoms. The highest BCUT2D eigenvalue weighted by Gasteiger charge is 2.41. The zero-order valence-corrected chi connectivity index (χ0v) is 22.4. The van der Waals surface area contributed by atoms with Gasteiger partial charge in [0.1, 0.15) is 0 Å². The van der Waals surface area contributed by atoms with Crippen molar-refractivity contribution in [3.63, 3.8) is 0 Å². The van der Waals surface area contributed by atoms with Crippen LogP contribution < -0.4 is 0 Å². The van der Waals surface area contributed by atoms with Crippen molar-refractivity contribution >= 4 is 38.8 Å². The second-order valence-corrected chi connectivity index (χ2v) is 12.5. The molecule has 0 fully saturated rings. The Kier molecular flexibility index (Phi) is 3.59. The van der Waals surface area contributed by atoms with Crippen LogP contribution in [0.25, 0.3) is 50.2 Å². The van der Waals surface area contributed by atoms with Crippen molar-refractivity contribution in [2.24, 2.45) is 0 Å². The van der Waals surface area contributed by atoms with Crippen LogP contribution in [0, 0.1) is 0 Å². The quantitative estimate of drug-likeness (QED) is 0.201. The Hall–Kier alpha value is -4.04. The van der Waals surface area contributed by atoms with Crippen molar-refractivity contribution < 1.29 is 0 Å². The van der Waals surface area contributed by atoms with Gasteiger partial charge in [0.25, 0.3) is 0 Å². The highest BCUT2D eigenvalue weighted by molar-refractivity contribution is 6.11. The summed E-state index contributed by atoms with van der Waals surface area (Å²) in [6.45, 7) is 9.67. The van der Waals surface area contributed by atoms with Gasteiger partial charge in [-0.05, 0) is 64.9 Å². The lowest BCUT2D eigenvalue weighted by Crippen LogP contribution is -2.31. The minimum absolute atomic E-state index is 0.103. The van der Waals surface area contributed by atoms with E-state index in [1.165, 1.54) is 77.6 Å². The number of hydrogen-bond acceptors (Lipinski definition) is 0. The number of fused-ring (bicyclic) bond motifs is 10. The number of aromatic nitrogens is 2. The molecule has 0 unspecified atom stereocenters. The number of benzene rings is 4. The fraction of sp³-hybridized carbons (Fsp3) is 0.222. The van der Waals surface area contributed by atoms with Gasteiger partial charge in [-0.15, -0.1) is 0 Å². The van der Waals surface area contributed by atoms with Gasteiger partial charge < -0.3 is 9.13 Å². The summed E-state index contributed by atoms with van der Waals surface area (Å²) < 4.78 is 5.15. The molecular formula is C36H30N2. The van der Waals surface area contributed by atoms with Crippen LogP contribution in [0.2, 0.25) is 0 Å². The maximum absolute atomic E-state index is 2.59. The summed E-state index contributed by atoms with van der Waals surface area (Å²) >= 11 is 0. The van der Waals surface area contributed by atoms with Crippen LogP contribution in [0.1, 0.15) is 67.6 Å². The molecule has 0 atom stereocenters. The lowest BCUT2D eigenvalue weighted by molar-refractivity contribution is 0.609. The van der Waals surface area contributed by atoms with Gasteiger partial charge in [0.2, 0.25) is 0 Å². The minimum atomic E-state index is -0.114. The summed E-state index contributed by atoms with van der Waals surface area (Å²) in [5, 5.41) is 4.12. The molecule has 0 radical (unpaired) electrons. The van der Waals surface area contributed by atoms with E-state index in [4.69, 9.17) is 0 Å². The molecule has 6 aromatic rings. The Morgan fingerprint density at radius 3 is 1.95 bits per heavy atom. The van der Waals surface area contributed by atoms with Crippen LogP contribution in [-0.4, -0.2) is 9.13 Å². The van der Waals surface area contributed by atoms with Gasteiger partial charge in [-0.1, -0.05) is 88.4 Å².